The molecule has 3 N–H and O–H groups in total. The molecule has 0 fully saturated rings. The van der Waals surface area contributed by atoms with Gasteiger partial charge in [0.15, 0.2) is 5.11 Å². The van der Waals surface area contributed by atoms with Crippen LogP contribution in [0.2, 0.25) is 0 Å². The van der Waals surface area contributed by atoms with Gasteiger partial charge in [0, 0.05) is 22.6 Å². The minimum atomic E-state index is -0.517. The van der Waals surface area contributed by atoms with Crippen LogP contribution in [0.15, 0.2) is 42.5 Å². The highest BCUT2D eigenvalue weighted by Gasteiger charge is 2.25. The van der Waals surface area contributed by atoms with Gasteiger partial charge in [-0.1, -0.05) is 30.4 Å². The molecular weight excluding hydrogens is 328 g/mol. The number of hydrogen-bond acceptors (Lipinski definition) is 4. The number of rotatable bonds is 6. The zero-order valence-electron chi connectivity index (χ0n) is 13.3. The number of benzene rings is 1. The van der Waals surface area contributed by atoms with Crippen LogP contribution in [0.3, 0.4) is 0 Å². The number of thiocarbonyl (C=S) groups is 1. The molecule has 1 aromatic carbocycles. The first kappa shape index (κ1) is 17.9. The maximum absolute atomic E-state index is 12.2. The Hall–Kier alpha value is -2.48. The molecule has 0 aromatic heterocycles. The standard InChI is InChI=1S/C16H20N4O3S/c1-11(17-16(24)19-13-5-3-2-4-6-13)15(21)18-14-8-7-12(9-14)10-20(22)23/h2-8,11-12,14H,9-10H2,1H3,(H,18,21)(H2,17,19,24)/t11-,12+,14-/m0/s1. The molecule has 3 atom stereocenters. The van der Waals surface area contributed by atoms with Gasteiger partial charge in [-0.25, -0.2) is 0 Å². The molecule has 0 unspecified atom stereocenters. The number of carbonyl (C=O) groups excluding carboxylic acids is 1. The summed E-state index contributed by atoms with van der Waals surface area (Å²) in [5.74, 6) is -0.335. The summed E-state index contributed by atoms with van der Waals surface area (Å²) in [5.41, 5.74) is 0.837. The normalized spacial score (nSPS) is 20.2. The third-order valence-electron chi connectivity index (χ3n) is 3.66. The molecule has 24 heavy (non-hydrogen) atoms. The van der Waals surface area contributed by atoms with Gasteiger partial charge in [0.1, 0.15) is 6.04 Å². The fourth-order valence-corrected chi connectivity index (χ4v) is 2.76. The number of amides is 1. The number of nitro groups is 1. The van der Waals surface area contributed by atoms with Crippen LogP contribution in [0.5, 0.6) is 0 Å². The monoisotopic (exact) mass is 348 g/mol. The molecule has 1 aromatic rings. The molecular formula is C16H20N4O3S. The second kappa shape index (κ2) is 8.39. The topological polar surface area (TPSA) is 96.3 Å². The van der Waals surface area contributed by atoms with Crippen LogP contribution in [-0.2, 0) is 4.79 Å². The van der Waals surface area contributed by atoms with Crippen LogP contribution in [0, 0.1) is 16.0 Å². The van der Waals surface area contributed by atoms with E-state index >= 15 is 0 Å². The maximum atomic E-state index is 12.2. The molecule has 0 radical (unpaired) electrons. The molecule has 1 amide bonds. The van der Waals surface area contributed by atoms with E-state index in [1.807, 2.05) is 30.3 Å². The van der Waals surface area contributed by atoms with Gasteiger partial charge in [-0.15, -0.1) is 0 Å². The summed E-state index contributed by atoms with van der Waals surface area (Å²) >= 11 is 5.19. The minimum Gasteiger partial charge on any atom is -0.351 e. The van der Waals surface area contributed by atoms with Crippen molar-refractivity contribution in [3.63, 3.8) is 0 Å². The van der Waals surface area contributed by atoms with E-state index in [4.69, 9.17) is 12.2 Å². The summed E-state index contributed by atoms with van der Waals surface area (Å²) in [4.78, 5) is 22.4. The van der Waals surface area contributed by atoms with Gasteiger partial charge in [-0.2, -0.15) is 0 Å². The van der Waals surface area contributed by atoms with Gasteiger partial charge >= 0.3 is 0 Å². The molecule has 128 valence electrons. The van der Waals surface area contributed by atoms with Crippen molar-refractivity contribution < 1.29 is 9.72 Å². The highest BCUT2D eigenvalue weighted by Crippen LogP contribution is 2.18. The first-order chi connectivity index (χ1) is 11.4. The van der Waals surface area contributed by atoms with E-state index in [9.17, 15) is 14.9 Å². The van der Waals surface area contributed by atoms with Crippen LogP contribution in [0.1, 0.15) is 13.3 Å². The van der Waals surface area contributed by atoms with E-state index in [1.165, 1.54) is 0 Å². The molecule has 0 heterocycles. The van der Waals surface area contributed by atoms with E-state index in [0.29, 0.717) is 11.5 Å². The number of hydrogen-bond donors (Lipinski definition) is 3. The lowest BCUT2D eigenvalue weighted by Crippen LogP contribution is -2.48. The highest BCUT2D eigenvalue weighted by atomic mass is 32.1. The zero-order valence-corrected chi connectivity index (χ0v) is 14.1. The Labute approximate surface area is 145 Å². The van der Waals surface area contributed by atoms with Gasteiger partial charge in [0.25, 0.3) is 0 Å². The Balaban J connectivity index is 1.75. The Kier molecular flexibility index (Phi) is 6.25. The minimum absolute atomic E-state index is 0.109. The van der Waals surface area contributed by atoms with Gasteiger partial charge in [-0.05, 0) is 37.7 Å². The predicted molar refractivity (Wildman–Crippen MR) is 96.3 cm³/mol. The summed E-state index contributed by atoms with van der Waals surface area (Å²) in [6, 6.07) is 8.72. The summed E-state index contributed by atoms with van der Waals surface area (Å²) in [6.07, 6.45) is 4.14. The number of para-hydroxylation sites is 1. The van der Waals surface area contributed by atoms with Crippen molar-refractivity contribution in [1.29, 1.82) is 0 Å². The highest BCUT2D eigenvalue weighted by molar-refractivity contribution is 7.80. The van der Waals surface area contributed by atoms with Gasteiger partial charge in [0.05, 0.1) is 0 Å². The van der Waals surface area contributed by atoms with Gasteiger partial charge in [0.2, 0.25) is 12.5 Å². The van der Waals surface area contributed by atoms with Crippen LogP contribution < -0.4 is 16.0 Å². The predicted octanol–water partition coefficient (Wildman–Crippen LogP) is 1.70. The Morgan fingerprint density at radius 1 is 1.38 bits per heavy atom. The quantitative estimate of drug-likeness (QED) is 0.313. The van der Waals surface area contributed by atoms with Crippen molar-refractivity contribution in [1.82, 2.24) is 10.6 Å². The maximum Gasteiger partial charge on any atom is 0.242 e. The van der Waals surface area contributed by atoms with E-state index in [0.717, 1.165) is 5.69 Å². The molecule has 8 heteroatoms. The number of anilines is 1. The third-order valence-corrected chi connectivity index (χ3v) is 3.88. The van der Waals surface area contributed by atoms with Crippen LogP contribution in [0.4, 0.5) is 5.69 Å². The first-order valence-corrected chi connectivity index (χ1v) is 8.08. The molecule has 0 spiro atoms. The SMILES string of the molecule is C[C@H](NC(=S)Nc1ccccc1)C(=O)N[C@H]1C=C[C@@H](C[N+](=O)[O-])C1. The van der Waals surface area contributed by atoms with Crippen molar-refractivity contribution in [3.8, 4) is 0 Å². The smallest absolute Gasteiger partial charge is 0.242 e. The van der Waals surface area contributed by atoms with Crippen molar-refractivity contribution in [2.45, 2.75) is 25.4 Å². The van der Waals surface area contributed by atoms with E-state index in [2.05, 4.69) is 16.0 Å². The first-order valence-electron chi connectivity index (χ1n) is 7.67. The number of nitrogens with one attached hydrogen (secondary N) is 3. The molecule has 0 saturated carbocycles. The Morgan fingerprint density at radius 3 is 2.75 bits per heavy atom. The van der Waals surface area contributed by atoms with Gasteiger partial charge < -0.3 is 16.0 Å². The second-order valence-electron chi connectivity index (χ2n) is 5.70. The lowest BCUT2D eigenvalue weighted by Gasteiger charge is -2.19. The molecule has 0 bridgehead atoms. The molecule has 1 aliphatic carbocycles. The van der Waals surface area contributed by atoms with Crippen molar-refractivity contribution >= 4 is 28.9 Å². The Morgan fingerprint density at radius 2 is 2.08 bits per heavy atom. The van der Waals surface area contributed by atoms with Crippen molar-refractivity contribution in [2.75, 3.05) is 11.9 Å². The summed E-state index contributed by atoms with van der Waals surface area (Å²) in [5, 5.41) is 19.7. The number of nitrogens with zero attached hydrogens (tertiary/aromatic N) is 1. The summed E-state index contributed by atoms with van der Waals surface area (Å²) in [6.45, 7) is 1.60. The molecule has 7 nitrogen and oxygen atoms in total. The van der Waals surface area contributed by atoms with Crippen LogP contribution >= 0.6 is 12.2 Å². The van der Waals surface area contributed by atoms with E-state index in [-0.39, 0.29) is 29.3 Å². The summed E-state index contributed by atoms with van der Waals surface area (Å²) < 4.78 is 0. The average Bonchev–Trinajstić information content (AvgIpc) is 2.94. The summed E-state index contributed by atoms with van der Waals surface area (Å²) in [7, 11) is 0. The van der Waals surface area contributed by atoms with Crippen LogP contribution in [-0.4, -0.2) is 34.6 Å². The third kappa shape index (κ3) is 5.62. The zero-order chi connectivity index (χ0) is 17.5. The molecule has 0 saturated heterocycles. The average molecular weight is 348 g/mol. The molecule has 1 aliphatic rings. The van der Waals surface area contributed by atoms with E-state index in [1.54, 1.807) is 19.1 Å². The second-order valence-corrected chi connectivity index (χ2v) is 6.11. The number of carbonyl (C=O) groups is 1. The molecule has 2 rings (SSSR count). The largest absolute Gasteiger partial charge is 0.351 e. The van der Waals surface area contributed by atoms with Gasteiger partial charge in [-0.3, -0.25) is 14.9 Å². The molecule has 0 aliphatic heterocycles. The Bertz CT molecular complexity index is 635. The van der Waals surface area contributed by atoms with E-state index < -0.39 is 6.04 Å². The lowest BCUT2D eigenvalue weighted by molar-refractivity contribution is -0.485. The van der Waals surface area contributed by atoms with Crippen molar-refractivity contribution in [3.05, 3.63) is 52.6 Å². The van der Waals surface area contributed by atoms with Crippen LogP contribution in [0.25, 0.3) is 0 Å². The lowest BCUT2D eigenvalue weighted by atomic mass is 10.1. The fourth-order valence-electron chi connectivity index (χ4n) is 2.47. The fraction of sp³-hybridized carbons (Fsp3) is 0.375. The van der Waals surface area contributed by atoms with Crippen molar-refractivity contribution in [2.24, 2.45) is 5.92 Å².